The van der Waals surface area contributed by atoms with Crippen LogP contribution in [0.5, 0.6) is 5.75 Å². The van der Waals surface area contributed by atoms with E-state index in [4.69, 9.17) is 4.74 Å². The SMILES string of the molecule is CCN1CCC(C(=O)c2cccc(OC)c2)CC1. The van der Waals surface area contributed by atoms with E-state index in [0.29, 0.717) is 0 Å². The van der Waals surface area contributed by atoms with Crippen LogP contribution in [0.1, 0.15) is 30.1 Å². The normalized spacial score (nSPS) is 17.7. The van der Waals surface area contributed by atoms with Crippen LogP contribution in [0, 0.1) is 5.92 Å². The Morgan fingerprint density at radius 2 is 2.11 bits per heavy atom. The molecule has 0 N–H and O–H groups in total. The van der Waals surface area contributed by atoms with Crippen LogP contribution in [0.4, 0.5) is 0 Å². The Kier molecular flexibility index (Phi) is 4.37. The zero-order chi connectivity index (χ0) is 13.0. The minimum Gasteiger partial charge on any atom is -0.497 e. The monoisotopic (exact) mass is 247 g/mol. The summed E-state index contributed by atoms with van der Waals surface area (Å²) in [7, 11) is 1.63. The first kappa shape index (κ1) is 13.1. The van der Waals surface area contributed by atoms with Crippen LogP contribution < -0.4 is 4.74 Å². The molecule has 1 aromatic carbocycles. The molecule has 0 atom stereocenters. The number of piperidine rings is 1. The number of hydrogen-bond donors (Lipinski definition) is 0. The van der Waals surface area contributed by atoms with Gasteiger partial charge in [0.05, 0.1) is 7.11 Å². The van der Waals surface area contributed by atoms with Crippen molar-refractivity contribution < 1.29 is 9.53 Å². The van der Waals surface area contributed by atoms with Gasteiger partial charge in [-0.25, -0.2) is 0 Å². The molecule has 18 heavy (non-hydrogen) atoms. The Morgan fingerprint density at radius 3 is 2.72 bits per heavy atom. The minimum absolute atomic E-state index is 0.180. The van der Waals surface area contributed by atoms with E-state index in [-0.39, 0.29) is 11.7 Å². The molecule has 1 aliphatic rings. The van der Waals surface area contributed by atoms with Gasteiger partial charge in [0, 0.05) is 11.5 Å². The highest BCUT2D eigenvalue weighted by atomic mass is 16.5. The van der Waals surface area contributed by atoms with Gasteiger partial charge in [-0.2, -0.15) is 0 Å². The third-order valence-corrected chi connectivity index (χ3v) is 3.76. The average molecular weight is 247 g/mol. The number of ether oxygens (including phenoxy) is 1. The zero-order valence-electron chi connectivity index (χ0n) is 11.2. The van der Waals surface area contributed by atoms with Crippen molar-refractivity contribution in [3.63, 3.8) is 0 Å². The number of likely N-dealkylation sites (tertiary alicyclic amines) is 1. The van der Waals surface area contributed by atoms with Gasteiger partial charge in [0.15, 0.2) is 5.78 Å². The number of carbonyl (C=O) groups is 1. The summed E-state index contributed by atoms with van der Waals surface area (Å²) in [6.45, 7) is 5.33. The molecule has 2 rings (SSSR count). The largest absolute Gasteiger partial charge is 0.497 e. The second-order valence-corrected chi connectivity index (χ2v) is 4.80. The summed E-state index contributed by atoms with van der Waals surface area (Å²) < 4.78 is 5.17. The van der Waals surface area contributed by atoms with Gasteiger partial charge >= 0.3 is 0 Å². The zero-order valence-corrected chi connectivity index (χ0v) is 11.2. The fourth-order valence-corrected chi connectivity index (χ4v) is 2.52. The molecule has 0 saturated carbocycles. The molecule has 1 fully saturated rings. The predicted octanol–water partition coefficient (Wildman–Crippen LogP) is 2.61. The first-order valence-corrected chi connectivity index (χ1v) is 6.65. The molecular formula is C15H21NO2. The van der Waals surface area contributed by atoms with Crippen LogP contribution in [0.25, 0.3) is 0 Å². The molecule has 98 valence electrons. The molecule has 1 aromatic rings. The van der Waals surface area contributed by atoms with E-state index in [1.54, 1.807) is 7.11 Å². The van der Waals surface area contributed by atoms with Crippen LogP contribution in [0.2, 0.25) is 0 Å². The number of benzene rings is 1. The molecule has 0 aromatic heterocycles. The van der Waals surface area contributed by atoms with Gasteiger partial charge in [-0.15, -0.1) is 0 Å². The lowest BCUT2D eigenvalue weighted by Crippen LogP contribution is -2.36. The van der Waals surface area contributed by atoms with E-state index >= 15 is 0 Å². The van der Waals surface area contributed by atoms with Gasteiger partial charge in [-0.1, -0.05) is 19.1 Å². The van der Waals surface area contributed by atoms with E-state index in [9.17, 15) is 4.79 Å². The van der Waals surface area contributed by atoms with E-state index in [0.717, 1.165) is 43.8 Å². The summed E-state index contributed by atoms with van der Waals surface area (Å²) in [6.07, 6.45) is 1.95. The van der Waals surface area contributed by atoms with E-state index < -0.39 is 0 Å². The fraction of sp³-hybridized carbons (Fsp3) is 0.533. The lowest BCUT2D eigenvalue weighted by atomic mass is 9.89. The summed E-state index contributed by atoms with van der Waals surface area (Å²) in [6, 6.07) is 7.48. The molecular weight excluding hydrogens is 226 g/mol. The number of Topliss-reactive ketones (excluding diaryl/α,β-unsaturated/α-hetero) is 1. The number of hydrogen-bond acceptors (Lipinski definition) is 3. The van der Waals surface area contributed by atoms with Crippen LogP contribution in [0.3, 0.4) is 0 Å². The molecule has 0 unspecified atom stereocenters. The van der Waals surface area contributed by atoms with Crippen molar-refractivity contribution in [3.05, 3.63) is 29.8 Å². The van der Waals surface area contributed by atoms with E-state index in [1.165, 1.54) is 0 Å². The number of ketones is 1. The lowest BCUT2D eigenvalue weighted by Gasteiger charge is -2.30. The number of rotatable bonds is 4. The quantitative estimate of drug-likeness (QED) is 0.766. The van der Waals surface area contributed by atoms with Crippen molar-refractivity contribution in [2.45, 2.75) is 19.8 Å². The Hall–Kier alpha value is -1.35. The van der Waals surface area contributed by atoms with Crippen molar-refractivity contribution in [1.29, 1.82) is 0 Å². The third kappa shape index (κ3) is 2.91. The fourth-order valence-electron chi connectivity index (χ4n) is 2.52. The van der Waals surface area contributed by atoms with Gasteiger partial charge in [0.25, 0.3) is 0 Å². The third-order valence-electron chi connectivity index (χ3n) is 3.76. The molecule has 1 heterocycles. The van der Waals surface area contributed by atoms with Crippen LogP contribution >= 0.6 is 0 Å². The molecule has 0 amide bonds. The number of carbonyl (C=O) groups excluding carboxylic acids is 1. The van der Waals surface area contributed by atoms with Crippen molar-refractivity contribution in [2.24, 2.45) is 5.92 Å². The smallest absolute Gasteiger partial charge is 0.166 e. The van der Waals surface area contributed by atoms with Crippen LogP contribution in [-0.4, -0.2) is 37.4 Å². The Balaban J connectivity index is 2.03. The highest BCUT2D eigenvalue weighted by Crippen LogP contribution is 2.23. The molecule has 0 spiro atoms. The number of nitrogens with zero attached hydrogens (tertiary/aromatic N) is 1. The summed E-state index contributed by atoms with van der Waals surface area (Å²) in [5, 5.41) is 0. The molecule has 0 bridgehead atoms. The summed E-state index contributed by atoms with van der Waals surface area (Å²) in [4.78, 5) is 14.8. The minimum atomic E-state index is 0.180. The molecule has 1 aliphatic heterocycles. The molecule has 3 heteroatoms. The van der Waals surface area contributed by atoms with E-state index in [2.05, 4.69) is 11.8 Å². The van der Waals surface area contributed by atoms with Gasteiger partial charge in [0.1, 0.15) is 5.75 Å². The van der Waals surface area contributed by atoms with Gasteiger partial charge in [0.2, 0.25) is 0 Å². The first-order valence-electron chi connectivity index (χ1n) is 6.65. The van der Waals surface area contributed by atoms with Crippen molar-refractivity contribution in [1.82, 2.24) is 4.90 Å². The van der Waals surface area contributed by atoms with Gasteiger partial charge in [-0.3, -0.25) is 4.79 Å². The van der Waals surface area contributed by atoms with Crippen molar-refractivity contribution in [3.8, 4) is 5.75 Å². The first-order chi connectivity index (χ1) is 8.74. The second kappa shape index (κ2) is 6.01. The van der Waals surface area contributed by atoms with E-state index in [1.807, 2.05) is 24.3 Å². The summed E-state index contributed by atoms with van der Waals surface area (Å²) in [5.74, 6) is 1.21. The highest BCUT2D eigenvalue weighted by Gasteiger charge is 2.25. The molecule has 0 radical (unpaired) electrons. The maximum Gasteiger partial charge on any atom is 0.166 e. The lowest BCUT2D eigenvalue weighted by molar-refractivity contribution is 0.0844. The van der Waals surface area contributed by atoms with Crippen molar-refractivity contribution >= 4 is 5.78 Å². The molecule has 3 nitrogen and oxygen atoms in total. The summed E-state index contributed by atoms with van der Waals surface area (Å²) in [5.41, 5.74) is 0.782. The standard InChI is InChI=1S/C15H21NO2/c1-3-16-9-7-12(8-10-16)15(17)13-5-4-6-14(11-13)18-2/h4-6,11-12H,3,7-10H2,1-2H3. The van der Waals surface area contributed by atoms with Crippen LogP contribution in [0.15, 0.2) is 24.3 Å². The molecule has 1 saturated heterocycles. The number of methoxy groups -OCH3 is 1. The summed E-state index contributed by atoms with van der Waals surface area (Å²) >= 11 is 0. The maximum absolute atomic E-state index is 12.4. The Labute approximate surface area is 109 Å². The van der Waals surface area contributed by atoms with Gasteiger partial charge in [-0.05, 0) is 44.6 Å². The predicted molar refractivity (Wildman–Crippen MR) is 72.2 cm³/mol. The highest BCUT2D eigenvalue weighted by molar-refractivity contribution is 5.98. The van der Waals surface area contributed by atoms with Crippen molar-refractivity contribution in [2.75, 3.05) is 26.7 Å². The molecule has 0 aliphatic carbocycles. The average Bonchev–Trinajstić information content (AvgIpc) is 2.46. The topological polar surface area (TPSA) is 29.5 Å². The van der Waals surface area contributed by atoms with Crippen LogP contribution in [-0.2, 0) is 0 Å². The van der Waals surface area contributed by atoms with Gasteiger partial charge < -0.3 is 9.64 Å². The maximum atomic E-state index is 12.4. The Bertz CT molecular complexity index is 409. The second-order valence-electron chi connectivity index (χ2n) is 4.80. The Morgan fingerprint density at radius 1 is 1.39 bits per heavy atom.